The molecule has 0 saturated carbocycles. The largest absolute Gasteiger partial charge is 0.387 e. The van der Waals surface area contributed by atoms with Gasteiger partial charge in [0.25, 0.3) is 0 Å². The molecule has 0 aliphatic carbocycles. The summed E-state index contributed by atoms with van der Waals surface area (Å²) in [5, 5.41) is 10.2. The zero-order chi connectivity index (χ0) is 15.5. The second-order valence-corrected chi connectivity index (χ2v) is 4.68. The predicted octanol–water partition coefficient (Wildman–Crippen LogP) is 2.35. The Balaban J connectivity index is 1.85. The van der Waals surface area contributed by atoms with E-state index in [0.29, 0.717) is 11.5 Å². The van der Waals surface area contributed by atoms with Gasteiger partial charge in [0.05, 0.1) is 18.8 Å². The van der Waals surface area contributed by atoms with Gasteiger partial charge in [-0.25, -0.2) is 18.7 Å². The number of aliphatic hydroxyl groups is 1. The molecule has 1 unspecified atom stereocenters. The molecule has 2 heterocycles. The molecule has 0 amide bonds. The molecule has 0 aliphatic rings. The van der Waals surface area contributed by atoms with Crippen LogP contribution in [0.15, 0.2) is 49.2 Å². The van der Waals surface area contributed by atoms with Crippen LogP contribution in [-0.2, 0) is 6.54 Å². The average molecular weight is 302 g/mol. The third-order valence-electron chi connectivity index (χ3n) is 3.21. The van der Waals surface area contributed by atoms with Crippen molar-refractivity contribution in [3.8, 4) is 11.5 Å². The fourth-order valence-corrected chi connectivity index (χ4v) is 2.12. The second kappa shape index (κ2) is 5.98. The Morgan fingerprint density at radius 3 is 2.68 bits per heavy atom. The van der Waals surface area contributed by atoms with Gasteiger partial charge in [0, 0.05) is 24.8 Å². The molecule has 0 aliphatic heterocycles. The van der Waals surface area contributed by atoms with Crippen molar-refractivity contribution in [1.82, 2.24) is 19.5 Å². The van der Waals surface area contributed by atoms with Crippen molar-refractivity contribution in [3.05, 3.63) is 66.4 Å². The molecule has 1 N–H and O–H groups in total. The molecule has 22 heavy (non-hydrogen) atoms. The third-order valence-corrected chi connectivity index (χ3v) is 3.21. The van der Waals surface area contributed by atoms with Crippen LogP contribution in [0.25, 0.3) is 11.5 Å². The van der Waals surface area contributed by atoms with E-state index < -0.39 is 17.7 Å². The highest BCUT2D eigenvalue weighted by atomic mass is 19.2. The lowest BCUT2D eigenvalue weighted by Crippen LogP contribution is -2.10. The summed E-state index contributed by atoms with van der Waals surface area (Å²) in [6, 6.07) is 3.33. The Hall–Kier alpha value is -2.67. The molecular formula is C15H12F2N4O. The third kappa shape index (κ3) is 2.84. The van der Waals surface area contributed by atoms with Gasteiger partial charge in [0.15, 0.2) is 17.5 Å². The van der Waals surface area contributed by atoms with Gasteiger partial charge in [0.2, 0.25) is 0 Å². The molecule has 0 bridgehead atoms. The van der Waals surface area contributed by atoms with Gasteiger partial charge in [0.1, 0.15) is 5.69 Å². The van der Waals surface area contributed by atoms with Crippen molar-refractivity contribution in [2.24, 2.45) is 0 Å². The Morgan fingerprint density at radius 2 is 1.95 bits per heavy atom. The van der Waals surface area contributed by atoms with Gasteiger partial charge in [-0.3, -0.25) is 4.98 Å². The molecule has 1 aromatic carbocycles. The van der Waals surface area contributed by atoms with Crippen LogP contribution in [0.3, 0.4) is 0 Å². The van der Waals surface area contributed by atoms with E-state index in [1.807, 2.05) is 0 Å². The maximum atomic E-state index is 13.2. The van der Waals surface area contributed by atoms with E-state index in [1.54, 1.807) is 35.6 Å². The number of imidazole rings is 1. The highest BCUT2D eigenvalue weighted by Crippen LogP contribution is 2.21. The van der Waals surface area contributed by atoms with Crippen molar-refractivity contribution < 1.29 is 13.9 Å². The number of nitrogens with zero attached hydrogens (tertiary/aromatic N) is 4. The summed E-state index contributed by atoms with van der Waals surface area (Å²) < 4.78 is 27.9. The van der Waals surface area contributed by atoms with E-state index in [9.17, 15) is 13.9 Å². The number of aromatic nitrogens is 4. The van der Waals surface area contributed by atoms with Crippen molar-refractivity contribution in [1.29, 1.82) is 0 Å². The van der Waals surface area contributed by atoms with Crippen LogP contribution in [0, 0.1) is 11.6 Å². The molecular weight excluding hydrogens is 290 g/mol. The maximum absolute atomic E-state index is 13.2. The van der Waals surface area contributed by atoms with Crippen LogP contribution in [0.2, 0.25) is 0 Å². The maximum Gasteiger partial charge on any atom is 0.160 e. The summed E-state index contributed by atoms with van der Waals surface area (Å²) in [6.45, 7) is 0.136. The molecule has 112 valence electrons. The highest BCUT2D eigenvalue weighted by molar-refractivity contribution is 5.47. The zero-order valence-corrected chi connectivity index (χ0v) is 11.4. The van der Waals surface area contributed by atoms with Crippen molar-refractivity contribution in [2.45, 2.75) is 12.6 Å². The molecule has 0 radical (unpaired) electrons. The van der Waals surface area contributed by atoms with Gasteiger partial charge in [-0.1, -0.05) is 6.07 Å². The molecule has 3 aromatic rings. The van der Waals surface area contributed by atoms with Crippen LogP contribution in [0.5, 0.6) is 0 Å². The van der Waals surface area contributed by atoms with Gasteiger partial charge < -0.3 is 9.67 Å². The number of aliphatic hydroxyl groups excluding tert-OH is 1. The second-order valence-electron chi connectivity index (χ2n) is 4.68. The summed E-state index contributed by atoms with van der Waals surface area (Å²) in [6.07, 6.45) is 6.89. The van der Waals surface area contributed by atoms with E-state index in [1.165, 1.54) is 6.07 Å². The van der Waals surface area contributed by atoms with Crippen LogP contribution >= 0.6 is 0 Å². The van der Waals surface area contributed by atoms with E-state index >= 15 is 0 Å². The lowest BCUT2D eigenvalue weighted by Gasteiger charge is -2.14. The Labute approximate surface area is 124 Å². The molecule has 3 rings (SSSR count). The van der Waals surface area contributed by atoms with Crippen LogP contribution < -0.4 is 0 Å². The SMILES string of the molecule is OC(Cn1ccnc1-c1cnccn1)c1ccc(F)c(F)c1. The summed E-state index contributed by atoms with van der Waals surface area (Å²) in [7, 11) is 0. The minimum Gasteiger partial charge on any atom is -0.387 e. The number of benzene rings is 1. The van der Waals surface area contributed by atoms with Crippen LogP contribution in [0.1, 0.15) is 11.7 Å². The lowest BCUT2D eigenvalue weighted by molar-refractivity contribution is 0.156. The molecule has 0 saturated heterocycles. The number of hydrogen-bond donors (Lipinski definition) is 1. The lowest BCUT2D eigenvalue weighted by atomic mass is 10.1. The smallest absolute Gasteiger partial charge is 0.160 e. The Kier molecular flexibility index (Phi) is 3.88. The van der Waals surface area contributed by atoms with E-state index in [0.717, 1.165) is 12.1 Å². The van der Waals surface area contributed by atoms with Crippen molar-refractivity contribution in [2.75, 3.05) is 0 Å². The van der Waals surface area contributed by atoms with Gasteiger partial charge in [-0.05, 0) is 17.7 Å². The van der Waals surface area contributed by atoms with E-state index in [2.05, 4.69) is 15.0 Å². The first-order valence-corrected chi connectivity index (χ1v) is 6.55. The molecule has 7 heteroatoms. The Bertz CT molecular complexity index is 776. The van der Waals surface area contributed by atoms with E-state index in [4.69, 9.17) is 0 Å². The summed E-state index contributed by atoms with van der Waals surface area (Å²) >= 11 is 0. The molecule has 2 aromatic heterocycles. The topological polar surface area (TPSA) is 63.8 Å². The van der Waals surface area contributed by atoms with Crippen molar-refractivity contribution in [3.63, 3.8) is 0 Å². The van der Waals surface area contributed by atoms with Crippen LogP contribution in [0.4, 0.5) is 8.78 Å². The fraction of sp³-hybridized carbons (Fsp3) is 0.133. The summed E-state index contributed by atoms with van der Waals surface area (Å²) in [5.74, 6) is -1.40. The number of halogens is 2. The molecule has 5 nitrogen and oxygen atoms in total. The average Bonchev–Trinajstić information content (AvgIpc) is 2.99. The normalized spacial score (nSPS) is 12.3. The fourth-order valence-electron chi connectivity index (χ4n) is 2.12. The van der Waals surface area contributed by atoms with Gasteiger partial charge >= 0.3 is 0 Å². The minimum absolute atomic E-state index is 0.136. The summed E-state index contributed by atoms with van der Waals surface area (Å²) in [4.78, 5) is 12.3. The first-order chi connectivity index (χ1) is 10.6. The first-order valence-electron chi connectivity index (χ1n) is 6.55. The van der Waals surface area contributed by atoms with Crippen LogP contribution in [-0.4, -0.2) is 24.6 Å². The minimum atomic E-state index is -1.00. The first kappa shape index (κ1) is 14.3. The molecule has 0 fully saturated rings. The van der Waals surface area contributed by atoms with E-state index in [-0.39, 0.29) is 12.1 Å². The van der Waals surface area contributed by atoms with Gasteiger partial charge in [-0.2, -0.15) is 0 Å². The highest BCUT2D eigenvalue weighted by Gasteiger charge is 2.14. The number of rotatable bonds is 4. The monoisotopic (exact) mass is 302 g/mol. The number of hydrogen-bond acceptors (Lipinski definition) is 4. The molecule has 1 atom stereocenters. The van der Waals surface area contributed by atoms with Gasteiger partial charge in [-0.15, -0.1) is 0 Å². The van der Waals surface area contributed by atoms with Crippen molar-refractivity contribution >= 4 is 0 Å². The summed E-state index contributed by atoms with van der Waals surface area (Å²) in [5.41, 5.74) is 0.850. The Morgan fingerprint density at radius 1 is 1.09 bits per heavy atom. The molecule has 0 spiro atoms. The predicted molar refractivity (Wildman–Crippen MR) is 74.6 cm³/mol. The zero-order valence-electron chi connectivity index (χ0n) is 11.4. The standard InChI is InChI=1S/C15H12F2N4O/c16-11-2-1-10(7-12(11)17)14(22)9-21-6-5-20-15(21)13-8-18-3-4-19-13/h1-8,14,22H,9H2. The quantitative estimate of drug-likeness (QED) is 0.803.